The molecule has 0 aliphatic heterocycles. The van der Waals surface area contributed by atoms with E-state index < -0.39 is 7.75 Å². The summed E-state index contributed by atoms with van der Waals surface area (Å²) in [4.78, 5) is 9.92. The van der Waals surface area contributed by atoms with Gasteiger partial charge in [0.15, 0.2) is 0 Å². The lowest BCUT2D eigenvalue weighted by Crippen LogP contribution is -2.17. The van der Waals surface area contributed by atoms with Crippen LogP contribution in [0, 0.1) is 5.92 Å². The Bertz CT molecular complexity index is 232. The van der Waals surface area contributed by atoms with Crippen molar-refractivity contribution < 1.29 is 13.6 Å². The lowest BCUT2D eigenvalue weighted by molar-refractivity contribution is -0.120. The average Bonchev–Trinajstić information content (AvgIpc) is 2.04. The van der Waals surface area contributed by atoms with Crippen LogP contribution in [0.4, 0.5) is 4.20 Å². The van der Waals surface area contributed by atoms with Crippen molar-refractivity contribution in [3.8, 4) is 0 Å². The fourth-order valence-corrected chi connectivity index (χ4v) is 1.07. The van der Waals surface area contributed by atoms with Gasteiger partial charge in [-0.25, -0.2) is 9.34 Å². The van der Waals surface area contributed by atoms with Crippen molar-refractivity contribution in [2.45, 2.75) is 13.8 Å². The first-order valence-corrected chi connectivity index (χ1v) is 5.98. The Morgan fingerprint density at radius 2 is 1.40 bits per heavy atom. The van der Waals surface area contributed by atoms with E-state index in [1.54, 1.807) is 13.8 Å². The molecule has 1 amide bonds. The predicted octanol–water partition coefficient (Wildman–Crippen LogP) is 1.31. The van der Waals surface area contributed by atoms with Gasteiger partial charge in [-0.15, -0.1) is 0 Å². The van der Waals surface area contributed by atoms with E-state index in [4.69, 9.17) is 5.73 Å². The first-order chi connectivity index (χ1) is 6.53. The van der Waals surface area contributed by atoms with Crippen LogP contribution in [0.2, 0.25) is 0 Å². The van der Waals surface area contributed by atoms with Gasteiger partial charge in [-0.1, -0.05) is 13.8 Å². The Hall–Kier alpha value is -0.450. The van der Waals surface area contributed by atoms with Crippen LogP contribution in [-0.4, -0.2) is 43.4 Å². The van der Waals surface area contributed by atoms with Gasteiger partial charge in [0.1, 0.15) is 0 Å². The quantitative estimate of drug-likeness (QED) is 0.757. The lowest BCUT2D eigenvalue weighted by atomic mass is 10.2. The zero-order chi connectivity index (χ0) is 12.8. The molecule has 92 valence electrons. The molecule has 2 N–H and O–H groups in total. The molecule has 0 aliphatic rings. The molecular weight excluding hydrogens is 220 g/mol. The van der Waals surface area contributed by atoms with Gasteiger partial charge in [0, 0.05) is 5.92 Å². The highest BCUT2D eigenvalue weighted by atomic mass is 31.2. The Labute approximate surface area is 91.0 Å². The highest BCUT2D eigenvalue weighted by molar-refractivity contribution is 7.53. The van der Waals surface area contributed by atoms with Crippen LogP contribution in [0.1, 0.15) is 13.8 Å². The van der Waals surface area contributed by atoms with Gasteiger partial charge in [0.05, 0.1) is 0 Å². The van der Waals surface area contributed by atoms with Crippen molar-refractivity contribution in [3.05, 3.63) is 0 Å². The summed E-state index contributed by atoms with van der Waals surface area (Å²) >= 11 is 0. The molecule has 0 rings (SSSR count). The van der Waals surface area contributed by atoms with Gasteiger partial charge >= 0.3 is 7.75 Å². The highest BCUT2D eigenvalue weighted by Gasteiger charge is 2.26. The van der Waals surface area contributed by atoms with E-state index in [1.807, 2.05) is 0 Å². The second-order valence-electron chi connectivity index (χ2n) is 3.72. The third kappa shape index (κ3) is 7.48. The van der Waals surface area contributed by atoms with Crippen molar-refractivity contribution in [2.75, 3.05) is 28.2 Å². The fraction of sp³-hybridized carbons (Fsp3) is 0.875. The van der Waals surface area contributed by atoms with Crippen LogP contribution < -0.4 is 5.73 Å². The molecule has 5 nitrogen and oxygen atoms in total. The monoisotopic (exact) mass is 241 g/mol. The third-order valence-corrected chi connectivity index (χ3v) is 3.53. The molecule has 0 aromatic rings. The van der Waals surface area contributed by atoms with Gasteiger partial charge < -0.3 is 5.73 Å². The van der Waals surface area contributed by atoms with Gasteiger partial charge in [-0.3, -0.25) is 9.36 Å². The summed E-state index contributed by atoms with van der Waals surface area (Å²) in [6.45, 7) is 3.53. The maximum Gasteiger partial charge on any atom is 0.381 e. The molecule has 0 saturated carbocycles. The van der Waals surface area contributed by atoms with Crippen LogP contribution >= 0.6 is 7.75 Å². The second-order valence-corrected chi connectivity index (χ2v) is 6.27. The number of carbonyl (C=O) groups excluding carboxylic acids is 1. The number of rotatable bonds is 3. The predicted molar refractivity (Wildman–Crippen MR) is 60.1 cm³/mol. The molecule has 0 atom stereocenters. The first kappa shape index (κ1) is 17.0. The molecule has 0 aliphatic carbocycles. The largest absolute Gasteiger partial charge is 0.381 e. The second kappa shape index (κ2) is 6.93. The standard InChI is InChI=1S/C4H12FN2OP.C4H9NO/c1-6(2)9(5,8)7(3)4;1-3(2)4(5)6/h1-4H3;3H,1-2H3,(H2,5,6). The number of amides is 1. The topological polar surface area (TPSA) is 66.6 Å². The molecule has 0 fully saturated rings. The van der Waals surface area contributed by atoms with E-state index in [1.165, 1.54) is 28.2 Å². The van der Waals surface area contributed by atoms with E-state index in [9.17, 15) is 13.6 Å². The molecule has 0 aromatic carbocycles. The molecule has 0 spiro atoms. The maximum absolute atomic E-state index is 12.7. The number of halogens is 1. The third-order valence-electron chi connectivity index (χ3n) is 1.56. The van der Waals surface area contributed by atoms with Crippen molar-refractivity contribution in [1.29, 1.82) is 0 Å². The van der Waals surface area contributed by atoms with Crippen molar-refractivity contribution in [3.63, 3.8) is 0 Å². The SMILES string of the molecule is CC(C)C(N)=O.CN(C)P(=O)(F)N(C)C. The summed E-state index contributed by atoms with van der Waals surface area (Å²) in [5.74, 6) is -0.250. The van der Waals surface area contributed by atoms with Crippen molar-refractivity contribution in [2.24, 2.45) is 11.7 Å². The molecular formula is C8H21FN3O2P. The Kier molecular flexibility index (Phi) is 7.83. The van der Waals surface area contributed by atoms with Crippen LogP contribution in [0.15, 0.2) is 0 Å². The molecule has 0 radical (unpaired) electrons. The summed E-state index contributed by atoms with van der Waals surface area (Å²) in [5.41, 5.74) is 4.80. The lowest BCUT2D eigenvalue weighted by Gasteiger charge is -2.21. The van der Waals surface area contributed by atoms with Crippen LogP contribution in [-0.2, 0) is 9.36 Å². The number of hydrogen-bond acceptors (Lipinski definition) is 2. The zero-order valence-corrected chi connectivity index (χ0v) is 11.1. The molecule has 0 bridgehead atoms. The first-order valence-electron chi connectivity index (χ1n) is 4.48. The Morgan fingerprint density at radius 1 is 1.20 bits per heavy atom. The average molecular weight is 241 g/mol. The normalized spacial score (nSPS) is 11.6. The summed E-state index contributed by atoms with van der Waals surface area (Å²) < 4.78 is 25.7. The minimum Gasteiger partial charge on any atom is -0.369 e. The minimum absolute atomic E-state index is 0.00926. The number of carbonyl (C=O) groups is 1. The molecule has 0 heterocycles. The van der Waals surface area contributed by atoms with Crippen molar-refractivity contribution >= 4 is 13.7 Å². The van der Waals surface area contributed by atoms with Crippen LogP contribution in [0.25, 0.3) is 0 Å². The van der Waals surface area contributed by atoms with E-state index in [0.717, 1.165) is 9.34 Å². The molecule has 7 heteroatoms. The number of hydrogen-bond donors (Lipinski definition) is 1. The summed E-state index contributed by atoms with van der Waals surface area (Å²) in [7, 11) is 2.11. The van der Waals surface area contributed by atoms with Gasteiger partial charge in [-0.2, -0.15) is 4.20 Å². The fourth-order valence-electron chi connectivity index (χ4n) is 0.358. The Balaban J connectivity index is 0. The van der Waals surface area contributed by atoms with Crippen LogP contribution in [0.3, 0.4) is 0 Å². The highest BCUT2D eigenvalue weighted by Crippen LogP contribution is 2.50. The van der Waals surface area contributed by atoms with E-state index >= 15 is 0 Å². The number of nitrogens with two attached hydrogens (primary N) is 1. The molecule has 0 aromatic heterocycles. The van der Waals surface area contributed by atoms with E-state index in [0.29, 0.717) is 0 Å². The Morgan fingerprint density at radius 3 is 1.40 bits per heavy atom. The van der Waals surface area contributed by atoms with Crippen LogP contribution in [0.5, 0.6) is 0 Å². The zero-order valence-electron chi connectivity index (χ0n) is 10.2. The van der Waals surface area contributed by atoms with E-state index in [2.05, 4.69) is 0 Å². The summed E-state index contributed by atoms with van der Waals surface area (Å²) in [5, 5.41) is 0. The van der Waals surface area contributed by atoms with Crippen molar-refractivity contribution in [1.82, 2.24) is 9.34 Å². The van der Waals surface area contributed by atoms with Gasteiger partial charge in [0.25, 0.3) is 0 Å². The van der Waals surface area contributed by atoms with Gasteiger partial charge in [-0.05, 0) is 28.2 Å². The smallest absolute Gasteiger partial charge is 0.369 e. The molecule has 15 heavy (non-hydrogen) atoms. The number of nitrogens with zero attached hydrogens (tertiary/aromatic N) is 2. The summed E-state index contributed by atoms with van der Waals surface area (Å²) in [6, 6.07) is 0. The minimum atomic E-state index is -3.67. The molecule has 0 unspecified atom stereocenters. The molecule has 0 saturated heterocycles. The van der Waals surface area contributed by atoms with E-state index in [-0.39, 0.29) is 11.8 Å². The van der Waals surface area contributed by atoms with Gasteiger partial charge in [0.2, 0.25) is 5.91 Å². The number of primary amides is 1. The maximum atomic E-state index is 12.7. The summed E-state index contributed by atoms with van der Waals surface area (Å²) in [6.07, 6.45) is 0.